The number of aromatic nitrogens is 4. The van der Waals surface area contributed by atoms with Gasteiger partial charge in [-0.15, -0.1) is 10.2 Å². The van der Waals surface area contributed by atoms with E-state index < -0.39 is 0 Å². The zero-order valence-corrected chi connectivity index (χ0v) is 11.3. The van der Waals surface area contributed by atoms with Crippen LogP contribution in [0.3, 0.4) is 0 Å². The number of nitrogens with two attached hydrogens (primary N) is 1. The summed E-state index contributed by atoms with van der Waals surface area (Å²) in [5.74, 6) is -0.0770. The number of carbonyl (C=O) groups excluding carboxylic acids is 1. The molecule has 100 valence electrons. The zero-order valence-electron chi connectivity index (χ0n) is 10.5. The Labute approximate surface area is 114 Å². The number of nitrogen functional groups attached to an aromatic ring is 1. The highest BCUT2D eigenvalue weighted by Crippen LogP contribution is 2.17. The molecule has 2 aromatic rings. The van der Waals surface area contributed by atoms with E-state index in [2.05, 4.69) is 20.6 Å². The van der Waals surface area contributed by atoms with Crippen molar-refractivity contribution in [2.45, 2.75) is 20.4 Å². The first-order valence-electron chi connectivity index (χ1n) is 5.66. The first kappa shape index (κ1) is 13.3. The molecule has 0 radical (unpaired) electrons. The SMILES string of the molecule is CCn1nc(C)c(N)c1C(=O)Nc1ccc(Cl)nn1. The molecule has 7 nitrogen and oxygen atoms in total. The van der Waals surface area contributed by atoms with Crippen LogP contribution in [0.2, 0.25) is 5.15 Å². The van der Waals surface area contributed by atoms with Crippen LogP contribution < -0.4 is 11.1 Å². The van der Waals surface area contributed by atoms with Crippen molar-refractivity contribution in [3.05, 3.63) is 28.7 Å². The van der Waals surface area contributed by atoms with Crippen molar-refractivity contribution >= 4 is 29.0 Å². The van der Waals surface area contributed by atoms with Gasteiger partial charge in [0, 0.05) is 6.54 Å². The Kier molecular flexibility index (Phi) is 3.66. The van der Waals surface area contributed by atoms with Gasteiger partial charge >= 0.3 is 0 Å². The number of amides is 1. The molecule has 0 aliphatic carbocycles. The van der Waals surface area contributed by atoms with Crippen LogP contribution in [0.1, 0.15) is 23.1 Å². The lowest BCUT2D eigenvalue weighted by molar-refractivity contribution is 0.101. The van der Waals surface area contributed by atoms with Gasteiger partial charge in [-0.25, -0.2) is 0 Å². The van der Waals surface area contributed by atoms with Crippen molar-refractivity contribution in [2.24, 2.45) is 0 Å². The highest BCUT2D eigenvalue weighted by Gasteiger charge is 2.19. The standard InChI is InChI=1S/C11H13ClN6O/c1-3-18-10(9(13)6(2)17-18)11(19)14-8-5-4-7(12)15-16-8/h4-5H,3,13H2,1-2H3,(H,14,16,19). The van der Waals surface area contributed by atoms with Crippen LogP contribution in [0.5, 0.6) is 0 Å². The molecule has 2 aromatic heterocycles. The van der Waals surface area contributed by atoms with Crippen molar-refractivity contribution in [1.82, 2.24) is 20.0 Å². The number of nitrogens with zero attached hydrogens (tertiary/aromatic N) is 4. The molecule has 8 heteroatoms. The van der Waals surface area contributed by atoms with Crippen LogP contribution in [-0.2, 0) is 6.54 Å². The minimum atomic E-state index is -0.378. The molecule has 1 amide bonds. The van der Waals surface area contributed by atoms with Gasteiger partial charge in [0.05, 0.1) is 11.4 Å². The molecule has 19 heavy (non-hydrogen) atoms. The van der Waals surface area contributed by atoms with Gasteiger partial charge in [-0.2, -0.15) is 5.10 Å². The largest absolute Gasteiger partial charge is 0.395 e. The summed E-state index contributed by atoms with van der Waals surface area (Å²) in [4.78, 5) is 12.2. The van der Waals surface area contributed by atoms with Crippen molar-refractivity contribution in [3.8, 4) is 0 Å². The van der Waals surface area contributed by atoms with Crippen LogP contribution in [0.15, 0.2) is 12.1 Å². The summed E-state index contributed by atoms with van der Waals surface area (Å²) in [5.41, 5.74) is 7.15. The maximum absolute atomic E-state index is 12.2. The molecule has 0 spiro atoms. The van der Waals surface area contributed by atoms with Crippen LogP contribution in [0.4, 0.5) is 11.5 Å². The number of hydrogen-bond donors (Lipinski definition) is 2. The third kappa shape index (κ3) is 2.65. The van der Waals surface area contributed by atoms with E-state index >= 15 is 0 Å². The van der Waals surface area contributed by atoms with E-state index in [0.29, 0.717) is 29.4 Å². The van der Waals surface area contributed by atoms with E-state index in [0.717, 1.165) is 0 Å². The highest BCUT2D eigenvalue weighted by atomic mass is 35.5. The quantitative estimate of drug-likeness (QED) is 0.887. The molecule has 2 rings (SSSR count). The summed E-state index contributed by atoms with van der Waals surface area (Å²) < 4.78 is 1.54. The predicted molar refractivity (Wildman–Crippen MR) is 72.0 cm³/mol. The van der Waals surface area contributed by atoms with Gasteiger partial charge in [-0.3, -0.25) is 9.48 Å². The zero-order chi connectivity index (χ0) is 14.0. The Morgan fingerprint density at radius 3 is 2.79 bits per heavy atom. The normalized spacial score (nSPS) is 10.5. The van der Waals surface area contributed by atoms with E-state index in [1.54, 1.807) is 17.7 Å². The van der Waals surface area contributed by atoms with Crippen molar-refractivity contribution in [1.29, 1.82) is 0 Å². The molecule has 0 aliphatic rings. The molecule has 0 fully saturated rings. The minimum absolute atomic E-state index is 0.256. The molecule has 0 saturated carbocycles. The van der Waals surface area contributed by atoms with Crippen molar-refractivity contribution in [3.63, 3.8) is 0 Å². The van der Waals surface area contributed by atoms with Crippen LogP contribution in [-0.4, -0.2) is 25.9 Å². The number of anilines is 2. The van der Waals surface area contributed by atoms with E-state index in [1.807, 2.05) is 6.92 Å². The molecule has 0 bridgehead atoms. The van der Waals surface area contributed by atoms with Gasteiger partial charge in [0.25, 0.3) is 5.91 Å². The fraction of sp³-hybridized carbons (Fsp3) is 0.273. The fourth-order valence-electron chi connectivity index (χ4n) is 1.62. The predicted octanol–water partition coefficient (Wildman–Crippen LogP) is 1.49. The molecule has 0 saturated heterocycles. The highest BCUT2D eigenvalue weighted by molar-refractivity contribution is 6.29. The van der Waals surface area contributed by atoms with Gasteiger partial charge in [-0.05, 0) is 26.0 Å². The first-order valence-corrected chi connectivity index (χ1v) is 6.04. The van der Waals surface area contributed by atoms with Gasteiger partial charge < -0.3 is 11.1 Å². The Morgan fingerprint density at radius 1 is 1.47 bits per heavy atom. The first-order chi connectivity index (χ1) is 9.02. The van der Waals surface area contributed by atoms with E-state index in [-0.39, 0.29) is 11.1 Å². The number of hydrogen-bond acceptors (Lipinski definition) is 5. The van der Waals surface area contributed by atoms with Crippen molar-refractivity contribution < 1.29 is 4.79 Å². The number of carbonyl (C=O) groups is 1. The fourth-order valence-corrected chi connectivity index (χ4v) is 1.72. The lowest BCUT2D eigenvalue weighted by atomic mass is 10.3. The lowest BCUT2D eigenvalue weighted by Crippen LogP contribution is -2.19. The number of halogens is 1. The van der Waals surface area contributed by atoms with E-state index in [1.165, 1.54) is 6.07 Å². The Morgan fingerprint density at radius 2 is 2.21 bits per heavy atom. The molecule has 0 atom stereocenters. The minimum Gasteiger partial charge on any atom is -0.395 e. The van der Waals surface area contributed by atoms with Crippen LogP contribution in [0.25, 0.3) is 0 Å². The number of rotatable bonds is 3. The summed E-state index contributed by atoms with van der Waals surface area (Å²) in [6.07, 6.45) is 0. The smallest absolute Gasteiger partial charge is 0.277 e. The molecule has 3 N–H and O–H groups in total. The maximum Gasteiger partial charge on any atom is 0.277 e. The van der Waals surface area contributed by atoms with Gasteiger partial charge in [0.2, 0.25) is 0 Å². The monoisotopic (exact) mass is 280 g/mol. The van der Waals surface area contributed by atoms with Gasteiger partial charge in [0.1, 0.15) is 5.69 Å². The summed E-state index contributed by atoms with van der Waals surface area (Å²) in [7, 11) is 0. The van der Waals surface area contributed by atoms with E-state index in [9.17, 15) is 4.79 Å². The second-order valence-electron chi connectivity index (χ2n) is 3.86. The Hall–Kier alpha value is -2.15. The number of nitrogens with one attached hydrogen (secondary N) is 1. The summed E-state index contributed by atoms with van der Waals surface area (Å²) in [5, 5.41) is 14.4. The Balaban J connectivity index is 2.27. The topological polar surface area (TPSA) is 98.7 Å². The molecular weight excluding hydrogens is 268 g/mol. The summed E-state index contributed by atoms with van der Waals surface area (Å²) in [6.45, 7) is 4.18. The average Bonchev–Trinajstić information content (AvgIpc) is 2.68. The molecule has 0 unspecified atom stereocenters. The molecule has 0 aliphatic heterocycles. The third-order valence-electron chi connectivity index (χ3n) is 2.56. The second-order valence-corrected chi connectivity index (χ2v) is 4.25. The second kappa shape index (κ2) is 5.23. The maximum atomic E-state index is 12.2. The molecule has 0 aromatic carbocycles. The third-order valence-corrected chi connectivity index (χ3v) is 2.76. The molecular formula is C11H13ClN6O. The summed E-state index contributed by atoms with van der Waals surface area (Å²) in [6, 6.07) is 3.10. The number of aryl methyl sites for hydroxylation is 2. The summed E-state index contributed by atoms with van der Waals surface area (Å²) >= 11 is 5.62. The van der Waals surface area contributed by atoms with Crippen LogP contribution in [0, 0.1) is 6.92 Å². The van der Waals surface area contributed by atoms with Crippen LogP contribution >= 0.6 is 11.6 Å². The average molecular weight is 281 g/mol. The van der Waals surface area contributed by atoms with Gasteiger partial charge in [0.15, 0.2) is 11.0 Å². The molecule has 2 heterocycles. The lowest BCUT2D eigenvalue weighted by Gasteiger charge is -2.06. The van der Waals surface area contributed by atoms with E-state index in [4.69, 9.17) is 17.3 Å². The van der Waals surface area contributed by atoms with Gasteiger partial charge in [-0.1, -0.05) is 11.6 Å². The van der Waals surface area contributed by atoms with Crippen molar-refractivity contribution in [2.75, 3.05) is 11.1 Å². The Bertz CT molecular complexity index is 606.